The predicted octanol–water partition coefficient (Wildman–Crippen LogP) is 2.48. The molecule has 1 amide bonds. The highest BCUT2D eigenvalue weighted by atomic mass is 35.5. The number of hydrogen-bond donors (Lipinski definition) is 1. The van der Waals surface area contributed by atoms with Crippen molar-refractivity contribution >= 4 is 29.3 Å². The molecule has 1 N–H and O–H groups in total. The Balaban J connectivity index is 3.05. The molecule has 0 aliphatic heterocycles. The van der Waals surface area contributed by atoms with Gasteiger partial charge in [0.25, 0.3) is 0 Å². The van der Waals surface area contributed by atoms with Gasteiger partial charge in [-0.25, -0.2) is 0 Å². The summed E-state index contributed by atoms with van der Waals surface area (Å²) in [6, 6.07) is 7.85. The summed E-state index contributed by atoms with van der Waals surface area (Å²) < 4.78 is 0. The van der Waals surface area contributed by atoms with E-state index in [1.54, 1.807) is 18.8 Å². The molecule has 0 aliphatic rings. The summed E-state index contributed by atoms with van der Waals surface area (Å²) in [6.45, 7) is 0. The Morgan fingerprint density at radius 1 is 1.53 bits per heavy atom. The van der Waals surface area contributed by atoms with E-state index in [1.807, 2.05) is 30.5 Å². The zero-order valence-corrected chi connectivity index (χ0v) is 10.4. The van der Waals surface area contributed by atoms with Crippen LogP contribution in [0.3, 0.4) is 0 Å². The van der Waals surface area contributed by atoms with E-state index in [2.05, 4.69) is 5.32 Å². The maximum atomic E-state index is 11.6. The highest BCUT2D eigenvalue weighted by molar-refractivity contribution is 7.98. The van der Waals surface area contributed by atoms with Crippen LogP contribution in [0.4, 0.5) is 0 Å². The lowest BCUT2D eigenvalue weighted by atomic mass is 10.0. The third-order valence-electron chi connectivity index (χ3n) is 2.23. The molecule has 2 nitrogen and oxygen atoms in total. The molecule has 1 atom stereocenters. The van der Waals surface area contributed by atoms with E-state index in [4.69, 9.17) is 11.6 Å². The second kappa shape index (κ2) is 6.03. The van der Waals surface area contributed by atoms with E-state index in [1.165, 1.54) is 0 Å². The minimum Gasteiger partial charge on any atom is -0.359 e. The zero-order chi connectivity index (χ0) is 11.3. The summed E-state index contributed by atoms with van der Waals surface area (Å²) in [5, 5.41) is 2.63. The maximum absolute atomic E-state index is 11.6. The highest BCUT2D eigenvalue weighted by Gasteiger charge is 2.20. The van der Waals surface area contributed by atoms with Crippen LogP contribution in [0.1, 0.15) is 11.5 Å². The number of carbonyl (C=O) groups is 1. The molecule has 1 aromatic rings. The molecule has 0 aromatic heterocycles. The van der Waals surface area contributed by atoms with Crippen molar-refractivity contribution in [2.45, 2.75) is 10.8 Å². The number of thioether (sulfide) groups is 1. The Kier molecular flexibility index (Phi) is 4.99. The van der Waals surface area contributed by atoms with Crippen molar-refractivity contribution < 1.29 is 4.79 Å². The first-order chi connectivity index (χ1) is 7.24. The molecule has 0 radical (unpaired) electrons. The molecule has 0 spiro atoms. The van der Waals surface area contributed by atoms with Crippen LogP contribution < -0.4 is 5.32 Å². The van der Waals surface area contributed by atoms with Crippen molar-refractivity contribution in [3.63, 3.8) is 0 Å². The van der Waals surface area contributed by atoms with Crippen LogP contribution in [0.15, 0.2) is 29.2 Å². The number of benzene rings is 1. The predicted molar refractivity (Wildman–Crippen MR) is 65.8 cm³/mol. The van der Waals surface area contributed by atoms with E-state index in [-0.39, 0.29) is 11.8 Å². The van der Waals surface area contributed by atoms with Crippen molar-refractivity contribution in [2.75, 3.05) is 19.2 Å². The number of rotatable bonds is 4. The molecule has 0 aliphatic carbocycles. The zero-order valence-electron chi connectivity index (χ0n) is 8.79. The van der Waals surface area contributed by atoms with E-state index in [9.17, 15) is 4.79 Å². The SMILES string of the molecule is CNC(=O)C(CCl)c1ccccc1SC. The molecule has 0 saturated carbocycles. The summed E-state index contributed by atoms with van der Waals surface area (Å²) in [7, 11) is 1.63. The standard InChI is InChI=1S/C11H14ClNOS/c1-13-11(14)9(7-12)8-5-3-4-6-10(8)15-2/h3-6,9H,7H2,1-2H3,(H,13,14). The van der Waals surface area contributed by atoms with Crippen LogP contribution in [-0.4, -0.2) is 25.1 Å². The van der Waals surface area contributed by atoms with Crippen LogP contribution in [0, 0.1) is 0 Å². The van der Waals surface area contributed by atoms with E-state index in [0.29, 0.717) is 5.88 Å². The highest BCUT2D eigenvalue weighted by Crippen LogP contribution is 2.28. The van der Waals surface area contributed by atoms with Gasteiger partial charge in [-0.1, -0.05) is 18.2 Å². The molecule has 0 heterocycles. The first-order valence-electron chi connectivity index (χ1n) is 4.65. The molecule has 15 heavy (non-hydrogen) atoms. The van der Waals surface area contributed by atoms with Gasteiger partial charge in [0.05, 0.1) is 5.92 Å². The lowest BCUT2D eigenvalue weighted by molar-refractivity contribution is -0.121. The number of likely N-dealkylation sites (N-methyl/N-ethyl adjacent to an activating group) is 1. The van der Waals surface area contributed by atoms with Gasteiger partial charge in [0.2, 0.25) is 5.91 Å². The fourth-order valence-electron chi connectivity index (χ4n) is 1.42. The summed E-state index contributed by atoms with van der Waals surface area (Å²) in [5.74, 6) is 0.00358. The van der Waals surface area contributed by atoms with Gasteiger partial charge in [0.1, 0.15) is 0 Å². The molecule has 1 rings (SSSR count). The van der Waals surface area contributed by atoms with Crippen molar-refractivity contribution in [1.82, 2.24) is 5.32 Å². The van der Waals surface area contributed by atoms with Gasteiger partial charge in [0.15, 0.2) is 0 Å². The Morgan fingerprint density at radius 2 is 2.20 bits per heavy atom. The van der Waals surface area contributed by atoms with Gasteiger partial charge >= 0.3 is 0 Å². The third kappa shape index (κ3) is 2.89. The summed E-state index contributed by atoms with van der Waals surface area (Å²) in [5.41, 5.74) is 0.999. The molecule has 0 fully saturated rings. The Hall–Kier alpha value is -0.670. The normalized spacial score (nSPS) is 12.2. The molecule has 1 aromatic carbocycles. The van der Waals surface area contributed by atoms with Crippen LogP contribution in [0.5, 0.6) is 0 Å². The smallest absolute Gasteiger partial charge is 0.228 e. The van der Waals surface area contributed by atoms with Crippen molar-refractivity contribution in [1.29, 1.82) is 0 Å². The lowest BCUT2D eigenvalue weighted by Gasteiger charge is -2.15. The fraction of sp³-hybridized carbons (Fsp3) is 0.364. The van der Waals surface area contributed by atoms with E-state index >= 15 is 0 Å². The van der Waals surface area contributed by atoms with Gasteiger partial charge in [-0.05, 0) is 17.9 Å². The summed E-state index contributed by atoms with van der Waals surface area (Å²) >= 11 is 7.46. The number of alkyl halides is 1. The average molecular weight is 244 g/mol. The molecular weight excluding hydrogens is 230 g/mol. The molecule has 1 unspecified atom stereocenters. The quantitative estimate of drug-likeness (QED) is 0.650. The number of carbonyl (C=O) groups excluding carboxylic acids is 1. The minimum atomic E-state index is -0.264. The molecule has 4 heteroatoms. The largest absolute Gasteiger partial charge is 0.359 e. The van der Waals surface area contributed by atoms with Gasteiger partial charge in [-0.3, -0.25) is 4.79 Å². The first kappa shape index (κ1) is 12.4. The Bertz CT molecular complexity index is 343. The molecule has 82 valence electrons. The van der Waals surface area contributed by atoms with Crippen LogP contribution in [0.25, 0.3) is 0 Å². The van der Waals surface area contributed by atoms with Crippen molar-refractivity contribution in [3.05, 3.63) is 29.8 Å². The van der Waals surface area contributed by atoms with Gasteiger partial charge in [-0.15, -0.1) is 23.4 Å². The first-order valence-corrected chi connectivity index (χ1v) is 6.41. The van der Waals surface area contributed by atoms with E-state index < -0.39 is 0 Å². The summed E-state index contributed by atoms with van der Waals surface area (Å²) in [4.78, 5) is 12.7. The summed E-state index contributed by atoms with van der Waals surface area (Å²) in [6.07, 6.45) is 1.99. The monoisotopic (exact) mass is 243 g/mol. The van der Waals surface area contributed by atoms with Crippen LogP contribution in [0.2, 0.25) is 0 Å². The van der Waals surface area contributed by atoms with Crippen LogP contribution >= 0.6 is 23.4 Å². The number of halogens is 1. The average Bonchev–Trinajstić information content (AvgIpc) is 2.30. The Labute approximate surface area is 99.4 Å². The third-order valence-corrected chi connectivity index (χ3v) is 3.35. The second-order valence-electron chi connectivity index (χ2n) is 3.06. The number of hydrogen-bond acceptors (Lipinski definition) is 2. The van der Waals surface area contributed by atoms with E-state index in [0.717, 1.165) is 10.5 Å². The second-order valence-corrected chi connectivity index (χ2v) is 4.22. The maximum Gasteiger partial charge on any atom is 0.228 e. The molecule has 0 saturated heterocycles. The van der Waals surface area contributed by atoms with Crippen molar-refractivity contribution in [2.24, 2.45) is 0 Å². The Morgan fingerprint density at radius 3 is 2.73 bits per heavy atom. The van der Waals surface area contributed by atoms with Crippen molar-refractivity contribution in [3.8, 4) is 0 Å². The topological polar surface area (TPSA) is 29.1 Å². The minimum absolute atomic E-state index is 0.0356. The number of nitrogens with one attached hydrogen (secondary N) is 1. The van der Waals surface area contributed by atoms with Gasteiger partial charge < -0.3 is 5.32 Å². The number of amides is 1. The van der Waals surface area contributed by atoms with Gasteiger partial charge in [0, 0.05) is 17.8 Å². The van der Waals surface area contributed by atoms with Crippen LogP contribution in [-0.2, 0) is 4.79 Å². The lowest BCUT2D eigenvalue weighted by Crippen LogP contribution is -2.27. The molecular formula is C11H14ClNOS. The fourth-order valence-corrected chi connectivity index (χ4v) is 2.39. The van der Waals surface area contributed by atoms with Gasteiger partial charge in [-0.2, -0.15) is 0 Å². The molecule has 0 bridgehead atoms.